The van der Waals surface area contributed by atoms with Crippen molar-refractivity contribution < 1.29 is 13.2 Å². The molecule has 1 amide bonds. The summed E-state index contributed by atoms with van der Waals surface area (Å²) in [4.78, 5) is 11.9. The van der Waals surface area contributed by atoms with Gasteiger partial charge in [-0.15, -0.1) is 0 Å². The Kier molecular flexibility index (Phi) is 6.45. The fourth-order valence-electron chi connectivity index (χ4n) is 3.00. The minimum absolute atomic E-state index is 0.0640. The van der Waals surface area contributed by atoms with E-state index in [1.165, 1.54) is 6.42 Å². The Morgan fingerprint density at radius 1 is 1.30 bits per heavy atom. The van der Waals surface area contributed by atoms with Crippen molar-refractivity contribution >= 4 is 15.9 Å². The van der Waals surface area contributed by atoms with Crippen LogP contribution in [0.1, 0.15) is 46.5 Å². The van der Waals surface area contributed by atoms with E-state index in [2.05, 4.69) is 30.8 Å². The van der Waals surface area contributed by atoms with Crippen molar-refractivity contribution in [1.29, 1.82) is 0 Å². The zero-order chi connectivity index (χ0) is 15.3. The molecule has 1 aliphatic carbocycles. The molecule has 0 aromatic carbocycles. The molecule has 5 nitrogen and oxygen atoms in total. The molecule has 0 aromatic rings. The second kappa shape index (κ2) is 7.41. The van der Waals surface area contributed by atoms with E-state index in [0.717, 1.165) is 19.1 Å². The number of sulfonamides is 1. The predicted octanol–water partition coefficient (Wildman–Crippen LogP) is 1.50. The van der Waals surface area contributed by atoms with E-state index in [0.29, 0.717) is 17.8 Å². The molecule has 0 unspecified atom stereocenters. The molecular weight excluding hydrogens is 276 g/mol. The first kappa shape index (κ1) is 17.4. The summed E-state index contributed by atoms with van der Waals surface area (Å²) in [7, 11) is -3.22. The fourth-order valence-corrected chi connectivity index (χ4v) is 3.47. The Hall–Kier alpha value is -0.620. The molecule has 3 atom stereocenters. The molecule has 1 fully saturated rings. The average molecular weight is 304 g/mol. The van der Waals surface area contributed by atoms with Crippen molar-refractivity contribution in [2.45, 2.75) is 52.5 Å². The molecule has 118 valence electrons. The normalized spacial score (nSPS) is 27.6. The van der Waals surface area contributed by atoms with Crippen LogP contribution in [-0.2, 0) is 14.8 Å². The number of hydrogen-bond donors (Lipinski definition) is 2. The van der Waals surface area contributed by atoms with Crippen LogP contribution in [0.2, 0.25) is 0 Å². The van der Waals surface area contributed by atoms with Gasteiger partial charge < -0.3 is 5.32 Å². The molecule has 0 aromatic heterocycles. The Labute approximate surface area is 122 Å². The van der Waals surface area contributed by atoms with E-state index in [1.807, 2.05) is 0 Å². The number of hydrogen-bond acceptors (Lipinski definition) is 3. The first-order chi connectivity index (χ1) is 9.19. The van der Waals surface area contributed by atoms with Crippen LogP contribution in [0.4, 0.5) is 0 Å². The minimum Gasteiger partial charge on any atom is -0.353 e. The maximum atomic E-state index is 11.9. The van der Waals surface area contributed by atoms with Crippen LogP contribution in [0.5, 0.6) is 0 Å². The van der Waals surface area contributed by atoms with Gasteiger partial charge in [0.15, 0.2) is 0 Å². The zero-order valence-electron chi connectivity index (χ0n) is 13.0. The average Bonchev–Trinajstić information content (AvgIpc) is 2.26. The lowest BCUT2D eigenvalue weighted by Crippen LogP contribution is -2.46. The second-order valence-corrected chi connectivity index (χ2v) is 8.25. The van der Waals surface area contributed by atoms with Gasteiger partial charge >= 0.3 is 0 Å². The third-order valence-electron chi connectivity index (χ3n) is 4.08. The van der Waals surface area contributed by atoms with Crippen molar-refractivity contribution in [2.75, 3.05) is 12.8 Å². The van der Waals surface area contributed by atoms with Crippen LogP contribution in [0, 0.1) is 17.8 Å². The van der Waals surface area contributed by atoms with E-state index in [1.54, 1.807) is 0 Å². The van der Waals surface area contributed by atoms with Crippen molar-refractivity contribution in [1.82, 2.24) is 10.0 Å². The van der Waals surface area contributed by atoms with Crippen LogP contribution in [0.3, 0.4) is 0 Å². The summed E-state index contributed by atoms with van der Waals surface area (Å²) in [6.07, 6.45) is 4.70. The van der Waals surface area contributed by atoms with Crippen LogP contribution in [-0.4, -0.2) is 33.2 Å². The number of nitrogens with one attached hydrogen (secondary N) is 2. The molecule has 2 N–H and O–H groups in total. The van der Waals surface area contributed by atoms with Crippen LogP contribution in [0.15, 0.2) is 0 Å². The number of carbonyl (C=O) groups excluding carboxylic acids is 1. The molecule has 6 heteroatoms. The molecule has 0 spiro atoms. The number of amides is 1. The predicted molar refractivity (Wildman–Crippen MR) is 80.7 cm³/mol. The molecule has 0 aliphatic heterocycles. The molecule has 1 saturated carbocycles. The van der Waals surface area contributed by atoms with Crippen LogP contribution in [0.25, 0.3) is 0 Å². The molecule has 1 rings (SSSR count). The van der Waals surface area contributed by atoms with Gasteiger partial charge in [-0.3, -0.25) is 4.79 Å². The van der Waals surface area contributed by atoms with Crippen LogP contribution >= 0.6 is 0 Å². The van der Waals surface area contributed by atoms with Gasteiger partial charge in [0.1, 0.15) is 0 Å². The zero-order valence-corrected chi connectivity index (χ0v) is 13.8. The standard InChI is InChI=1S/C14H28N2O3S/c1-10(2)12-6-5-11(3)9-13(12)16-14(17)7-8-15-20(4,18)19/h10-13,15H,5-9H2,1-4H3,(H,16,17)/t11-,12-,13+/m1/s1. The molecule has 0 saturated heterocycles. The second-order valence-electron chi connectivity index (χ2n) is 6.42. The van der Waals surface area contributed by atoms with Crippen molar-refractivity contribution in [3.63, 3.8) is 0 Å². The third-order valence-corrected chi connectivity index (χ3v) is 4.81. The van der Waals surface area contributed by atoms with Gasteiger partial charge in [-0.1, -0.05) is 27.2 Å². The highest BCUT2D eigenvalue weighted by molar-refractivity contribution is 7.88. The summed E-state index contributed by atoms with van der Waals surface area (Å²) in [5, 5.41) is 3.09. The smallest absolute Gasteiger partial charge is 0.221 e. The molecule has 0 bridgehead atoms. The summed E-state index contributed by atoms with van der Waals surface area (Å²) in [6, 6.07) is 0.226. The van der Waals surface area contributed by atoms with Crippen molar-refractivity contribution in [3.05, 3.63) is 0 Å². The van der Waals surface area contributed by atoms with E-state index in [9.17, 15) is 13.2 Å². The van der Waals surface area contributed by atoms with Gasteiger partial charge in [-0.05, 0) is 30.6 Å². The monoisotopic (exact) mass is 304 g/mol. The lowest BCUT2D eigenvalue weighted by Gasteiger charge is -2.37. The molecule has 20 heavy (non-hydrogen) atoms. The summed E-state index contributed by atoms with van der Waals surface area (Å²) >= 11 is 0. The highest BCUT2D eigenvalue weighted by Gasteiger charge is 2.31. The molecule has 0 heterocycles. The van der Waals surface area contributed by atoms with Gasteiger partial charge in [0.2, 0.25) is 15.9 Å². The lowest BCUT2D eigenvalue weighted by molar-refractivity contribution is -0.122. The topological polar surface area (TPSA) is 75.3 Å². The quantitative estimate of drug-likeness (QED) is 0.781. The SMILES string of the molecule is CC(C)[C@H]1CC[C@@H](C)C[C@@H]1NC(=O)CCNS(C)(=O)=O. The van der Waals surface area contributed by atoms with Crippen molar-refractivity contribution in [2.24, 2.45) is 17.8 Å². The first-order valence-corrected chi connectivity index (χ1v) is 9.32. The number of carbonyl (C=O) groups is 1. The molecule has 1 aliphatic rings. The largest absolute Gasteiger partial charge is 0.353 e. The highest BCUT2D eigenvalue weighted by atomic mass is 32.2. The summed E-state index contributed by atoms with van der Waals surface area (Å²) in [5.41, 5.74) is 0. The van der Waals surface area contributed by atoms with Crippen molar-refractivity contribution in [3.8, 4) is 0 Å². The Morgan fingerprint density at radius 3 is 2.50 bits per heavy atom. The Bertz CT molecular complexity index is 420. The highest BCUT2D eigenvalue weighted by Crippen LogP contribution is 2.33. The van der Waals surface area contributed by atoms with E-state index in [-0.39, 0.29) is 24.9 Å². The maximum absolute atomic E-state index is 11.9. The Morgan fingerprint density at radius 2 is 1.95 bits per heavy atom. The molecule has 0 radical (unpaired) electrons. The minimum atomic E-state index is -3.22. The van der Waals surface area contributed by atoms with Gasteiger partial charge in [0.25, 0.3) is 0 Å². The van der Waals surface area contributed by atoms with Gasteiger partial charge in [0.05, 0.1) is 6.26 Å². The first-order valence-electron chi connectivity index (χ1n) is 7.43. The van der Waals surface area contributed by atoms with Gasteiger partial charge in [-0.2, -0.15) is 0 Å². The van der Waals surface area contributed by atoms with Crippen LogP contribution < -0.4 is 10.0 Å². The summed E-state index contributed by atoms with van der Waals surface area (Å²) in [6.45, 7) is 6.79. The maximum Gasteiger partial charge on any atom is 0.221 e. The fraction of sp³-hybridized carbons (Fsp3) is 0.929. The van der Waals surface area contributed by atoms with E-state index >= 15 is 0 Å². The van der Waals surface area contributed by atoms with E-state index in [4.69, 9.17) is 0 Å². The molecular formula is C14H28N2O3S. The lowest BCUT2D eigenvalue weighted by atomic mass is 9.74. The number of rotatable bonds is 6. The summed E-state index contributed by atoms with van der Waals surface area (Å²) in [5.74, 6) is 1.66. The van der Waals surface area contributed by atoms with Gasteiger partial charge in [-0.25, -0.2) is 13.1 Å². The third kappa shape index (κ3) is 6.22. The Balaban J connectivity index is 2.45. The van der Waals surface area contributed by atoms with E-state index < -0.39 is 10.0 Å². The van der Waals surface area contributed by atoms with Gasteiger partial charge in [0, 0.05) is 19.0 Å². The summed E-state index contributed by atoms with van der Waals surface area (Å²) < 4.78 is 24.2.